The molecule has 0 aliphatic carbocycles. The first kappa shape index (κ1) is 23.1. The summed E-state index contributed by atoms with van der Waals surface area (Å²) < 4.78 is 7.52. The molecule has 26 heavy (non-hydrogen) atoms. The van der Waals surface area contributed by atoms with E-state index in [1.54, 1.807) is 19.2 Å². The summed E-state index contributed by atoms with van der Waals surface area (Å²) in [5, 5.41) is 15.6. The number of aryl methyl sites for hydroxylation is 1. The summed E-state index contributed by atoms with van der Waals surface area (Å²) >= 11 is 18.0. The number of aromatic nitrogens is 3. The zero-order chi connectivity index (χ0) is 18.4. The molecule has 0 spiro atoms. The van der Waals surface area contributed by atoms with E-state index in [2.05, 4.69) is 25.8 Å². The lowest BCUT2D eigenvalue weighted by Gasteiger charge is -2.13. The van der Waals surface area contributed by atoms with Crippen molar-refractivity contribution in [1.82, 2.24) is 25.4 Å². The minimum Gasteiger partial charge on any atom is -0.489 e. The second kappa shape index (κ2) is 11.0. The summed E-state index contributed by atoms with van der Waals surface area (Å²) in [6, 6.07) is 3.17. The van der Waals surface area contributed by atoms with Gasteiger partial charge in [0.1, 0.15) is 12.4 Å². The van der Waals surface area contributed by atoms with Gasteiger partial charge in [-0.3, -0.25) is 4.99 Å². The van der Waals surface area contributed by atoms with Crippen molar-refractivity contribution < 1.29 is 4.74 Å². The van der Waals surface area contributed by atoms with Gasteiger partial charge in [-0.25, -0.2) is 0 Å². The quantitative estimate of drug-likeness (QED) is 0.258. The second-order valence-corrected chi connectivity index (χ2v) is 6.37. The molecular weight excluding hydrogens is 513 g/mol. The van der Waals surface area contributed by atoms with E-state index in [0.29, 0.717) is 46.5 Å². The van der Waals surface area contributed by atoms with Crippen LogP contribution in [0.4, 0.5) is 0 Å². The first-order valence-corrected chi connectivity index (χ1v) is 8.62. The molecule has 0 aliphatic heterocycles. The summed E-state index contributed by atoms with van der Waals surface area (Å²) in [4.78, 5) is 4.14. The topological polar surface area (TPSA) is 76.4 Å². The van der Waals surface area contributed by atoms with Crippen LogP contribution in [-0.2, 0) is 13.6 Å². The molecule has 0 bridgehead atoms. The number of nitrogens with zero attached hydrogens (tertiary/aromatic N) is 4. The van der Waals surface area contributed by atoms with Gasteiger partial charge in [-0.15, -0.1) is 34.2 Å². The number of guanidine groups is 1. The van der Waals surface area contributed by atoms with E-state index >= 15 is 0 Å². The minimum absolute atomic E-state index is 0. The smallest absolute Gasteiger partial charge is 0.191 e. The van der Waals surface area contributed by atoms with E-state index in [-0.39, 0.29) is 24.0 Å². The van der Waals surface area contributed by atoms with Crippen LogP contribution in [0.2, 0.25) is 15.1 Å². The minimum atomic E-state index is 0. The molecule has 0 aliphatic rings. The fourth-order valence-electron chi connectivity index (χ4n) is 1.98. The summed E-state index contributed by atoms with van der Waals surface area (Å²) in [6.07, 6.45) is 0. The number of aliphatic imine (C=N–C) groups is 1. The van der Waals surface area contributed by atoms with Crippen LogP contribution >= 0.6 is 58.8 Å². The highest BCUT2D eigenvalue weighted by molar-refractivity contribution is 14.0. The Morgan fingerprint density at radius 3 is 2.38 bits per heavy atom. The number of rotatable bonds is 6. The van der Waals surface area contributed by atoms with Crippen molar-refractivity contribution in [3.63, 3.8) is 0 Å². The van der Waals surface area contributed by atoms with Gasteiger partial charge in [0.2, 0.25) is 0 Å². The highest BCUT2D eigenvalue weighted by Crippen LogP contribution is 2.35. The number of halogens is 4. The highest BCUT2D eigenvalue weighted by Gasteiger charge is 2.09. The van der Waals surface area contributed by atoms with Crippen molar-refractivity contribution in [2.24, 2.45) is 12.0 Å². The van der Waals surface area contributed by atoms with Gasteiger partial charge in [-0.1, -0.05) is 34.8 Å². The maximum absolute atomic E-state index is 6.07. The molecule has 0 radical (unpaired) electrons. The summed E-state index contributed by atoms with van der Waals surface area (Å²) in [6.45, 7) is 3.26. The van der Waals surface area contributed by atoms with Crippen molar-refractivity contribution in [3.05, 3.63) is 38.8 Å². The number of benzene rings is 1. The predicted molar refractivity (Wildman–Crippen MR) is 116 cm³/mol. The average Bonchev–Trinajstić information content (AvgIpc) is 2.87. The summed E-state index contributed by atoms with van der Waals surface area (Å²) in [5.74, 6) is 2.70. The Morgan fingerprint density at radius 2 is 1.85 bits per heavy atom. The van der Waals surface area contributed by atoms with Crippen molar-refractivity contribution >= 4 is 64.7 Å². The predicted octanol–water partition coefficient (Wildman–Crippen LogP) is 3.45. The summed E-state index contributed by atoms with van der Waals surface area (Å²) in [7, 11) is 3.60. The van der Waals surface area contributed by atoms with Gasteiger partial charge < -0.3 is 19.9 Å². The lowest BCUT2D eigenvalue weighted by molar-refractivity contribution is 0.322. The SMILES string of the molecule is CN=C(NCCOc1c(Cl)cc(Cl)cc1Cl)NCc1nnc(C)n1C.I. The lowest BCUT2D eigenvalue weighted by Crippen LogP contribution is -2.39. The normalized spacial score (nSPS) is 11.1. The molecule has 0 saturated carbocycles. The van der Waals surface area contributed by atoms with E-state index in [1.807, 2.05) is 18.5 Å². The van der Waals surface area contributed by atoms with Crippen molar-refractivity contribution in [1.29, 1.82) is 0 Å². The molecule has 1 heterocycles. The van der Waals surface area contributed by atoms with E-state index in [9.17, 15) is 0 Å². The van der Waals surface area contributed by atoms with Crippen LogP contribution in [0.25, 0.3) is 0 Å². The lowest BCUT2D eigenvalue weighted by atomic mass is 10.3. The fourth-order valence-corrected chi connectivity index (χ4v) is 2.90. The Hall–Kier alpha value is -0.970. The first-order chi connectivity index (χ1) is 11.9. The zero-order valence-electron chi connectivity index (χ0n) is 14.5. The molecule has 1 aromatic carbocycles. The van der Waals surface area contributed by atoms with Gasteiger partial charge >= 0.3 is 0 Å². The van der Waals surface area contributed by atoms with E-state index in [0.717, 1.165) is 11.6 Å². The molecule has 7 nitrogen and oxygen atoms in total. The largest absolute Gasteiger partial charge is 0.489 e. The van der Waals surface area contributed by atoms with Gasteiger partial charge in [0, 0.05) is 19.1 Å². The maximum atomic E-state index is 6.07. The van der Waals surface area contributed by atoms with Crippen LogP contribution in [0.3, 0.4) is 0 Å². The second-order valence-electron chi connectivity index (χ2n) is 5.12. The molecule has 11 heteroatoms. The number of hydrogen-bond donors (Lipinski definition) is 2. The van der Waals surface area contributed by atoms with Crippen LogP contribution in [0, 0.1) is 6.92 Å². The molecule has 0 atom stereocenters. The molecule has 0 unspecified atom stereocenters. The van der Waals surface area contributed by atoms with Gasteiger partial charge in [0.15, 0.2) is 17.5 Å². The fraction of sp³-hybridized carbons (Fsp3) is 0.400. The molecule has 0 amide bonds. The first-order valence-electron chi connectivity index (χ1n) is 7.49. The molecule has 0 fully saturated rings. The number of ether oxygens (including phenoxy) is 1. The molecular formula is C15H20Cl3IN6O. The molecule has 144 valence electrons. The van der Waals surface area contributed by atoms with Crippen LogP contribution in [0.15, 0.2) is 17.1 Å². The number of hydrogen-bond acceptors (Lipinski definition) is 4. The molecule has 1 aromatic heterocycles. The molecule has 2 N–H and O–H groups in total. The maximum Gasteiger partial charge on any atom is 0.191 e. The third kappa shape index (κ3) is 6.33. The third-order valence-electron chi connectivity index (χ3n) is 3.42. The highest BCUT2D eigenvalue weighted by atomic mass is 127. The number of nitrogens with one attached hydrogen (secondary N) is 2. The Morgan fingerprint density at radius 1 is 1.19 bits per heavy atom. The van der Waals surface area contributed by atoms with E-state index in [4.69, 9.17) is 39.5 Å². The Kier molecular flexibility index (Phi) is 9.77. The monoisotopic (exact) mass is 532 g/mol. The van der Waals surface area contributed by atoms with Gasteiger partial charge in [0.05, 0.1) is 23.1 Å². The molecule has 2 aromatic rings. The van der Waals surface area contributed by atoms with Crippen LogP contribution in [0.5, 0.6) is 5.75 Å². The zero-order valence-corrected chi connectivity index (χ0v) is 19.1. The average molecular weight is 534 g/mol. The van der Waals surface area contributed by atoms with E-state index < -0.39 is 0 Å². The van der Waals surface area contributed by atoms with E-state index in [1.165, 1.54) is 0 Å². The van der Waals surface area contributed by atoms with Crippen LogP contribution in [-0.4, -0.2) is 40.9 Å². The molecule has 0 saturated heterocycles. The van der Waals surface area contributed by atoms with Gasteiger partial charge in [-0.2, -0.15) is 0 Å². The van der Waals surface area contributed by atoms with Gasteiger partial charge in [-0.05, 0) is 19.1 Å². The molecule has 2 rings (SSSR count). The van der Waals surface area contributed by atoms with Crippen LogP contribution < -0.4 is 15.4 Å². The van der Waals surface area contributed by atoms with Crippen molar-refractivity contribution in [2.45, 2.75) is 13.5 Å². The van der Waals surface area contributed by atoms with Crippen molar-refractivity contribution in [2.75, 3.05) is 20.2 Å². The third-order valence-corrected chi connectivity index (χ3v) is 4.20. The van der Waals surface area contributed by atoms with Gasteiger partial charge in [0.25, 0.3) is 0 Å². The Bertz CT molecular complexity index is 745. The van der Waals surface area contributed by atoms with Crippen molar-refractivity contribution in [3.8, 4) is 5.75 Å². The Labute approximate surface area is 184 Å². The standard InChI is InChI=1S/C15H19Cl3N6O.HI/c1-9-22-23-13(24(9)3)8-21-15(19-2)20-4-5-25-14-11(17)6-10(16)7-12(14)18;/h6-7H,4-5,8H2,1-3H3,(H2,19,20,21);1H. The Balaban J connectivity index is 0.00000338. The summed E-state index contributed by atoms with van der Waals surface area (Å²) in [5.41, 5.74) is 0. The van der Waals surface area contributed by atoms with Crippen LogP contribution in [0.1, 0.15) is 11.6 Å².